The van der Waals surface area contributed by atoms with Crippen LogP contribution < -0.4 is 15.4 Å². The number of carbonyl (C=O) groups is 1. The van der Waals surface area contributed by atoms with Gasteiger partial charge in [-0.05, 0) is 50.0 Å². The van der Waals surface area contributed by atoms with Gasteiger partial charge in [0.2, 0.25) is 10.0 Å². The fourth-order valence-corrected chi connectivity index (χ4v) is 3.14. The highest BCUT2D eigenvalue weighted by Crippen LogP contribution is 2.12. The lowest BCUT2D eigenvalue weighted by Gasteiger charge is -2.30. The van der Waals surface area contributed by atoms with E-state index < -0.39 is 10.0 Å². The normalized spacial score (nSPS) is 20.9. The molecule has 2 unspecified atom stereocenters. The van der Waals surface area contributed by atoms with Gasteiger partial charge in [0.1, 0.15) is 0 Å². The SMILES string of the molecule is CCS(=O)(=O)NCc1ccc(C(=O)NC2CCNCC2C)cc1.Cl. The number of hydrogen-bond donors (Lipinski definition) is 3. The zero-order valence-electron chi connectivity index (χ0n) is 14.0. The number of sulfonamides is 1. The summed E-state index contributed by atoms with van der Waals surface area (Å²) in [6.45, 7) is 5.80. The van der Waals surface area contributed by atoms with Crippen LogP contribution in [-0.2, 0) is 16.6 Å². The van der Waals surface area contributed by atoms with Crippen molar-refractivity contribution < 1.29 is 13.2 Å². The predicted octanol–water partition coefficient (Wildman–Crippen LogP) is 1.28. The Hall–Kier alpha value is -1.15. The van der Waals surface area contributed by atoms with Gasteiger partial charge in [-0.15, -0.1) is 12.4 Å². The molecule has 1 amide bonds. The van der Waals surface area contributed by atoms with E-state index in [0.717, 1.165) is 25.1 Å². The first-order valence-corrected chi connectivity index (χ1v) is 9.64. The van der Waals surface area contributed by atoms with Crippen LogP contribution in [0.1, 0.15) is 36.2 Å². The molecular formula is C16H26ClN3O3S. The van der Waals surface area contributed by atoms with Crippen LogP contribution in [-0.4, -0.2) is 39.2 Å². The molecule has 136 valence electrons. The molecule has 1 aromatic carbocycles. The summed E-state index contributed by atoms with van der Waals surface area (Å²) in [4.78, 5) is 12.3. The number of nitrogens with one attached hydrogen (secondary N) is 3. The minimum Gasteiger partial charge on any atom is -0.349 e. The van der Waals surface area contributed by atoms with E-state index in [-0.39, 0.29) is 36.7 Å². The smallest absolute Gasteiger partial charge is 0.251 e. The first-order chi connectivity index (χ1) is 10.9. The number of piperidine rings is 1. The van der Waals surface area contributed by atoms with Gasteiger partial charge in [0.25, 0.3) is 5.91 Å². The van der Waals surface area contributed by atoms with E-state index in [1.807, 2.05) is 0 Å². The summed E-state index contributed by atoms with van der Waals surface area (Å²) < 4.78 is 25.3. The van der Waals surface area contributed by atoms with E-state index in [1.54, 1.807) is 31.2 Å². The lowest BCUT2D eigenvalue weighted by Crippen LogP contribution is -2.48. The molecule has 6 nitrogen and oxygen atoms in total. The first kappa shape index (κ1) is 20.9. The zero-order valence-corrected chi connectivity index (χ0v) is 15.7. The Bertz CT molecular complexity index is 634. The molecule has 1 aromatic rings. The van der Waals surface area contributed by atoms with Gasteiger partial charge >= 0.3 is 0 Å². The van der Waals surface area contributed by atoms with E-state index in [2.05, 4.69) is 22.3 Å². The molecule has 1 aliphatic heterocycles. The summed E-state index contributed by atoms with van der Waals surface area (Å²) in [7, 11) is -3.20. The molecule has 1 saturated heterocycles. The summed E-state index contributed by atoms with van der Waals surface area (Å²) in [5, 5.41) is 6.39. The largest absolute Gasteiger partial charge is 0.349 e. The summed E-state index contributed by atoms with van der Waals surface area (Å²) in [5.41, 5.74) is 1.42. The molecule has 0 radical (unpaired) electrons. The maximum atomic E-state index is 12.3. The van der Waals surface area contributed by atoms with Crippen molar-refractivity contribution in [3.05, 3.63) is 35.4 Å². The predicted molar refractivity (Wildman–Crippen MR) is 97.9 cm³/mol. The molecule has 24 heavy (non-hydrogen) atoms. The first-order valence-electron chi connectivity index (χ1n) is 7.99. The molecule has 1 aliphatic rings. The second kappa shape index (κ2) is 9.36. The number of benzene rings is 1. The maximum absolute atomic E-state index is 12.3. The molecule has 0 saturated carbocycles. The highest BCUT2D eigenvalue weighted by Gasteiger charge is 2.22. The average Bonchev–Trinajstić information content (AvgIpc) is 2.55. The Kier molecular flexibility index (Phi) is 8.15. The summed E-state index contributed by atoms with van der Waals surface area (Å²) in [6, 6.07) is 7.21. The standard InChI is InChI=1S/C16H25N3O3S.ClH/c1-3-23(21,22)18-11-13-4-6-14(7-5-13)16(20)19-15-8-9-17-10-12(15)2;/h4-7,12,15,17-18H,3,8-11H2,1-2H3,(H,19,20);1H. The van der Waals surface area contributed by atoms with Crippen molar-refractivity contribution in [2.24, 2.45) is 5.92 Å². The minimum atomic E-state index is -3.20. The minimum absolute atomic E-state index is 0. The van der Waals surface area contributed by atoms with E-state index in [9.17, 15) is 13.2 Å². The Labute approximate surface area is 150 Å². The average molecular weight is 376 g/mol. The molecule has 0 bridgehead atoms. The third-order valence-electron chi connectivity index (χ3n) is 4.19. The fourth-order valence-electron chi connectivity index (χ4n) is 2.55. The monoisotopic (exact) mass is 375 g/mol. The van der Waals surface area contributed by atoms with Crippen molar-refractivity contribution >= 4 is 28.3 Å². The Morgan fingerprint density at radius 1 is 1.29 bits per heavy atom. The molecule has 8 heteroatoms. The second-order valence-corrected chi connectivity index (χ2v) is 8.07. The Morgan fingerprint density at radius 3 is 2.54 bits per heavy atom. The van der Waals surface area contributed by atoms with Gasteiger partial charge in [-0.1, -0.05) is 19.1 Å². The summed E-state index contributed by atoms with van der Waals surface area (Å²) >= 11 is 0. The summed E-state index contributed by atoms with van der Waals surface area (Å²) in [6.07, 6.45) is 0.934. The van der Waals surface area contributed by atoms with Crippen molar-refractivity contribution in [2.75, 3.05) is 18.8 Å². The van der Waals surface area contributed by atoms with Gasteiger partial charge < -0.3 is 10.6 Å². The van der Waals surface area contributed by atoms with Crippen molar-refractivity contribution in [3.8, 4) is 0 Å². The van der Waals surface area contributed by atoms with Gasteiger partial charge in [-0.3, -0.25) is 4.79 Å². The number of carbonyl (C=O) groups excluding carboxylic acids is 1. The van der Waals surface area contributed by atoms with Gasteiger partial charge in [0.05, 0.1) is 5.75 Å². The van der Waals surface area contributed by atoms with Crippen LogP contribution in [0.25, 0.3) is 0 Å². The molecule has 0 aromatic heterocycles. The molecule has 3 N–H and O–H groups in total. The highest BCUT2D eigenvalue weighted by molar-refractivity contribution is 7.89. The van der Waals surface area contributed by atoms with Crippen molar-refractivity contribution in [1.82, 2.24) is 15.4 Å². The zero-order chi connectivity index (χ0) is 16.9. The van der Waals surface area contributed by atoms with Crippen molar-refractivity contribution in [3.63, 3.8) is 0 Å². The van der Waals surface area contributed by atoms with E-state index in [1.165, 1.54) is 0 Å². The van der Waals surface area contributed by atoms with Crippen molar-refractivity contribution in [2.45, 2.75) is 32.9 Å². The second-order valence-electron chi connectivity index (χ2n) is 5.97. The van der Waals surface area contributed by atoms with E-state index in [4.69, 9.17) is 0 Å². The Balaban J connectivity index is 0.00000288. The molecule has 1 fully saturated rings. The number of halogens is 1. The molecule has 0 aliphatic carbocycles. The van der Waals surface area contributed by atoms with Crippen LogP contribution in [0.2, 0.25) is 0 Å². The molecule has 0 spiro atoms. The van der Waals surface area contributed by atoms with Gasteiger partial charge in [0, 0.05) is 18.2 Å². The third-order valence-corrected chi connectivity index (χ3v) is 5.54. The van der Waals surface area contributed by atoms with Gasteiger partial charge in [-0.2, -0.15) is 0 Å². The van der Waals surface area contributed by atoms with Crippen LogP contribution in [0.15, 0.2) is 24.3 Å². The molecule has 1 heterocycles. The maximum Gasteiger partial charge on any atom is 0.251 e. The molecule has 2 atom stereocenters. The lowest BCUT2D eigenvalue weighted by molar-refractivity contribution is 0.0914. The van der Waals surface area contributed by atoms with Gasteiger partial charge in [-0.25, -0.2) is 13.1 Å². The topological polar surface area (TPSA) is 87.3 Å². The van der Waals surface area contributed by atoms with Crippen LogP contribution in [0.4, 0.5) is 0 Å². The van der Waals surface area contributed by atoms with Crippen LogP contribution in [0.5, 0.6) is 0 Å². The lowest BCUT2D eigenvalue weighted by atomic mass is 9.95. The quantitative estimate of drug-likeness (QED) is 0.698. The number of hydrogen-bond acceptors (Lipinski definition) is 4. The van der Waals surface area contributed by atoms with Crippen LogP contribution >= 0.6 is 12.4 Å². The fraction of sp³-hybridized carbons (Fsp3) is 0.562. The van der Waals surface area contributed by atoms with Gasteiger partial charge in [0.15, 0.2) is 0 Å². The number of amides is 1. The summed E-state index contributed by atoms with van der Waals surface area (Å²) in [5.74, 6) is 0.391. The Morgan fingerprint density at radius 2 is 1.96 bits per heavy atom. The van der Waals surface area contributed by atoms with Crippen molar-refractivity contribution in [1.29, 1.82) is 0 Å². The van der Waals surface area contributed by atoms with E-state index >= 15 is 0 Å². The molecule has 2 rings (SSSR count). The van der Waals surface area contributed by atoms with Crippen LogP contribution in [0, 0.1) is 5.92 Å². The third kappa shape index (κ3) is 6.05. The van der Waals surface area contributed by atoms with E-state index in [0.29, 0.717) is 11.5 Å². The molecular weight excluding hydrogens is 350 g/mol. The highest BCUT2D eigenvalue weighted by atomic mass is 35.5. The number of rotatable bonds is 6. The van der Waals surface area contributed by atoms with Crippen LogP contribution in [0.3, 0.4) is 0 Å².